The van der Waals surface area contributed by atoms with E-state index < -0.39 is 12.1 Å². The summed E-state index contributed by atoms with van der Waals surface area (Å²) in [7, 11) is 1.48. The maximum absolute atomic E-state index is 13.5. The van der Waals surface area contributed by atoms with Gasteiger partial charge in [-0.2, -0.15) is 0 Å². The Morgan fingerprint density at radius 2 is 2.00 bits per heavy atom. The number of likely N-dealkylation sites (tertiary alicyclic amines) is 1. The first-order valence-electron chi connectivity index (χ1n) is 13.2. The van der Waals surface area contributed by atoms with Gasteiger partial charge >= 0.3 is 0 Å². The third-order valence-electron chi connectivity index (χ3n) is 7.09. The minimum absolute atomic E-state index is 0.215. The highest BCUT2D eigenvalue weighted by Gasteiger charge is 2.35. The first-order valence-corrected chi connectivity index (χ1v) is 13.2. The molecule has 2 aromatic carbocycles. The van der Waals surface area contributed by atoms with Gasteiger partial charge in [0.25, 0.3) is 17.7 Å². The van der Waals surface area contributed by atoms with Crippen LogP contribution in [0.5, 0.6) is 17.2 Å². The van der Waals surface area contributed by atoms with Crippen molar-refractivity contribution >= 4 is 23.5 Å². The monoisotopic (exact) mass is 556 g/mol. The molecule has 210 valence electrons. The van der Waals surface area contributed by atoms with Gasteiger partial charge in [0.2, 0.25) is 5.78 Å². The van der Waals surface area contributed by atoms with Crippen LogP contribution in [0.15, 0.2) is 67.1 Å². The summed E-state index contributed by atoms with van der Waals surface area (Å²) < 4.78 is 19.1. The van der Waals surface area contributed by atoms with E-state index in [1.54, 1.807) is 46.1 Å². The maximum Gasteiger partial charge on any atom is 0.274 e. The molecule has 1 fully saturated rings. The van der Waals surface area contributed by atoms with Crippen LogP contribution in [0, 0.1) is 0 Å². The predicted octanol–water partition coefficient (Wildman–Crippen LogP) is 1.84. The van der Waals surface area contributed by atoms with Gasteiger partial charge in [-0.1, -0.05) is 12.1 Å². The van der Waals surface area contributed by atoms with Gasteiger partial charge in [-0.15, -0.1) is 0 Å². The van der Waals surface area contributed by atoms with Crippen LogP contribution in [0.3, 0.4) is 0 Å². The van der Waals surface area contributed by atoms with Crippen LogP contribution in [0.25, 0.3) is 5.78 Å². The molecule has 2 aromatic heterocycles. The molecule has 1 saturated heterocycles. The van der Waals surface area contributed by atoms with Crippen LogP contribution >= 0.6 is 0 Å². The predicted molar refractivity (Wildman–Crippen MR) is 146 cm³/mol. The number of nitrogens with one attached hydrogen (secondary N) is 2. The minimum Gasteiger partial charge on any atom is -0.493 e. The van der Waals surface area contributed by atoms with Gasteiger partial charge in [0.05, 0.1) is 13.2 Å². The maximum atomic E-state index is 13.5. The van der Waals surface area contributed by atoms with Crippen molar-refractivity contribution < 1.29 is 28.6 Å². The fraction of sp³-hybridized carbons (Fsp3) is 0.276. The molecule has 12 heteroatoms. The van der Waals surface area contributed by atoms with Crippen molar-refractivity contribution in [2.24, 2.45) is 0 Å². The number of amides is 3. The van der Waals surface area contributed by atoms with Crippen molar-refractivity contribution in [3.8, 4) is 17.2 Å². The number of rotatable bonds is 2. The molecular weight excluding hydrogens is 528 g/mol. The Bertz CT molecular complexity index is 1570. The normalized spacial score (nSPS) is 19.3. The molecule has 3 aliphatic rings. The highest BCUT2D eigenvalue weighted by molar-refractivity contribution is 5.95. The minimum atomic E-state index is -0.527. The van der Waals surface area contributed by atoms with E-state index in [0.29, 0.717) is 42.4 Å². The van der Waals surface area contributed by atoms with E-state index in [2.05, 4.69) is 20.6 Å². The number of carbonyl (C=O) groups excluding carboxylic acids is 3. The Kier molecular flexibility index (Phi) is 7.11. The second-order valence-corrected chi connectivity index (χ2v) is 9.80. The molecule has 3 aliphatic heterocycles. The number of piperidine rings is 1. The standard InChI is InChI=1S/C29H28N6O6/c1-39-24-8-5-19-13-25(24)40-17-26(36)31-14-18-3-6-20(7-4-18)41-23-9-12-34(15-21(23)32-27(19)37)28(38)22-16-35-11-2-10-30-29(35)33-22/h2-8,10-11,13,16,21,23H,9,12,14-15,17H2,1H3,(H,31,36)(H,32,37)/t21-,23+/m0/s1. The number of benzene rings is 2. The number of fused-ring (bicyclic) bond motifs is 8. The summed E-state index contributed by atoms with van der Waals surface area (Å²) in [5.41, 5.74) is 1.47. The molecule has 3 amide bonds. The van der Waals surface area contributed by atoms with Crippen LogP contribution in [0.1, 0.15) is 32.8 Å². The number of methoxy groups -OCH3 is 1. The summed E-state index contributed by atoms with van der Waals surface area (Å²) >= 11 is 0. The van der Waals surface area contributed by atoms with Crippen LogP contribution in [0.2, 0.25) is 0 Å². The fourth-order valence-electron chi connectivity index (χ4n) is 4.93. The molecule has 4 bridgehead atoms. The van der Waals surface area contributed by atoms with Crippen LogP contribution in [0.4, 0.5) is 0 Å². The number of carbonyl (C=O) groups is 3. The van der Waals surface area contributed by atoms with Crippen molar-refractivity contribution in [3.05, 3.63) is 83.9 Å². The van der Waals surface area contributed by atoms with Gasteiger partial charge in [-0.3, -0.25) is 18.8 Å². The van der Waals surface area contributed by atoms with Crippen molar-refractivity contribution in [2.45, 2.75) is 25.1 Å². The number of ether oxygens (including phenoxy) is 3. The van der Waals surface area contributed by atoms with Crippen molar-refractivity contribution in [3.63, 3.8) is 0 Å². The lowest BCUT2D eigenvalue weighted by Gasteiger charge is -2.38. The topological polar surface area (TPSA) is 136 Å². The van der Waals surface area contributed by atoms with Gasteiger partial charge in [-0.05, 0) is 42.0 Å². The third-order valence-corrected chi connectivity index (χ3v) is 7.09. The molecule has 12 nitrogen and oxygen atoms in total. The van der Waals surface area contributed by atoms with Crippen molar-refractivity contribution in [1.82, 2.24) is 29.9 Å². The van der Waals surface area contributed by atoms with E-state index in [-0.39, 0.29) is 42.3 Å². The Hall–Kier alpha value is -5.13. The quantitative estimate of drug-likeness (QED) is 0.382. The Morgan fingerprint density at radius 3 is 2.80 bits per heavy atom. The van der Waals surface area contributed by atoms with E-state index in [1.807, 2.05) is 24.3 Å². The first-order chi connectivity index (χ1) is 20.0. The Balaban J connectivity index is 1.29. The smallest absolute Gasteiger partial charge is 0.274 e. The first kappa shape index (κ1) is 26.1. The average molecular weight is 557 g/mol. The van der Waals surface area contributed by atoms with E-state index in [0.717, 1.165) is 5.56 Å². The van der Waals surface area contributed by atoms with Gasteiger partial charge in [0.1, 0.15) is 17.5 Å². The molecule has 2 N–H and O–H groups in total. The number of nitrogens with zero attached hydrogens (tertiary/aromatic N) is 4. The van der Waals surface area contributed by atoms with E-state index in [1.165, 1.54) is 13.2 Å². The second kappa shape index (κ2) is 11.2. The zero-order valence-corrected chi connectivity index (χ0v) is 22.3. The molecule has 0 aliphatic carbocycles. The van der Waals surface area contributed by atoms with Gasteiger partial charge < -0.3 is 29.7 Å². The van der Waals surface area contributed by atoms with Gasteiger partial charge in [0, 0.05) is 50.2 Å². The summed E-state index contributed by atoms with van der Waals surface area (Å²) in [5.74, 6) is 0.747. The number of imidazole rings is 1. The van der Waals surface area contributed by atoms with E-state index in [4.69, 9.17) is 14.2 Å². The third kappa shape index (κ3) is 5.62. The molecular formula is C29H28N6O6. The van der Waals surface area contributed by atoms with Crippen molar-refractivity contribution in [1.29, 1.82) is 0 Å². The zero-order chi connectivity index (χ0) is 28.3. The number of hydrogen-bond donors (Lipinski definition) is 2. The number of aromatic nitrogens is 3. The number of hydrogen-bond acceptors (Lipinski definition) is 8. The van der Waals surface area contributed by atoms with E-state index >= 15 is 0 Å². The van der Waals surface area contributed by atoms with E-state index in [9.17, 15) is 14.4 Å². The molecule has 0 spiro atoms. The lowest BCUT2D eigenvalue weighted by atomic mass is 10.0. The van der Waals surface area contributed by atoms with Crippen LogP contribution < -0.4 is 24.8 Å². The molecule has 0 unspecified atom stereocenters. The fourth-order valence-corrected chi connectivity index (χ4v) is 4.93. The molecule has 0 saturated carbocycles. The SMILES string of the molecule is COc1ccc2cc1OCC(=O)NCc1ccc(cc1)O[C@@H]1CCN(C(=O)c3cn4cccnc4n3)C[C@@H]1NC2=O. The molecule has 41 heavy (non-hydrogen) atoms. The van der Waals surface area contributed by atoms with Crippen LogP contribution in [-0.2, 0) is 11.3 Å². The van der Waals surface area contributed by atoms with Gasteiger partial charge in [-0.25, -0.2) is 9.97 Å². The zero-order valence-electron chi connectivity index (χ0n) is 22.3. The summed E-state index contributed by atoms with van der Waals surface area (Å²) in [6, 6.07) is 13.4. The molecule has 0 radical (unpaired) electrons. The van der Waals surface area contributed by atoms with Crippen LogP contribution in [-0.4, -0.2) is 75.9 Å². The summed E-state index contributed by atoms with van der Waals surface area (Å²) in [5, 5.41) is 5.87. The van der Waals surface area contributed by atoms with Crippen molar-refractivity contribution in [2.75, 3.05) is 26.8 Å². The highest BCUT2D eigenvalue weighted by Crippen LogP contribution is 2.29. The lowest BCUT2D eigenvalue weighted by Crippen LogP contribution is -2.58. The Labute approximate surface area is 235 Å². The summed E-state index contributed by atoms with van der Waals surface area (Å²) in [4.78, 5) is 49.5. The summed E-state index contributed by atoms with van der Waals surface area (Å²) in [6.07, 6.45) is 5.12. The Morgan fingerprint density at radius 1 is 1.15 bits per heavy atom. The summed E-state index contributed by atoms with van der Waals surface area (Å²) in [6.45, 7) is 0.707. The second-order valence-electron chi connectivity index (χ2n) is 9.80. The molecule has 5 heterocycles. The lowest BCUT2D eigenvalue weighted by molar-refractivity contribution is -0.123. The highest BCUT2D eigenvalue weighted by atomic mass is 16.5. The molecule has 4 aromatic rings. The largest absolute Gasteiger partial charge is 0.493 e. The van der Waals surface area contributed by atoms with Gasteiger partial charge in [0.15, 0.2) is 18.1 Å². The average Bonchev–Trinajstić information content (AvgIpc) is 3.44. The molecule has 2 atom stereocenters. The molecule has 7 rings (SSSR count).